The smallest absolute Gasteiger partial charge is 0.242 e. The Morgan fingerprint density at radius 1 is 1.23 bits per heavy atom. The molecule has 1 aromatic rings. The summed E-state index contributed by atoms with van der Waals surface area (Å²) >= 11 is 0. The van der Waals surface area contributed by atoms with Crippen LogP contribution in [0, 0.1) is 11.8 Å². The molecule has 0 bridgehead atoms. The topological polar surface area (TPSA) is 70.5 Å². The van der Waals surface area contributed by atoms with Gasteiger partial charge in [-0.05, 0) is 50.6 Å². The van der Waals surface area contributed by atoms with E-state index in [0.717, 1.165) is 58.4 Å². The molecule has 2 amide bonds. The fourth-order valence-corrected chi connectivity index (χ4v) is 4.79. The zero-order valence-corrected chi connectivity index (χ0v) is 15.3. The molecule has 7 nitrogen and oxygen atoms in total. The first-order valence-corrected chi connectivity index (χ1v) is 9.94. The maximum atomic E-state index is 12.6. The SMILES string of the molecule is O=C(Cn1ccnc1)N1CC[C@@H]2[C@@H](CCC(=O)N2CC2CCNCC2)C1. The number of hydrogen-bond donors (Lipinski definition) is 1. The van der Waals surface area contributed by atoms with Crippen molar-refractivity contribution in [1.29, 1.82) is 0 Å². The lowest BCUT2D eigenvalue weighted by Crippen LogP contribution is -2.58. The highest BCUT2D eigenvalue weighted by atomic mass is 16.2. The normalized spacial score (nSPS) is 27.5. The van der Waals surface area contributed by atoms with Gasteiger partial charge in [0.1, 0.15) is 6.54 Å². The maximum Gasteiger partial charge on any atom is 0.242 e. The molecule has 26 heavy (non-hydrogen) atoms. The van der Waals surface area contributed by atoms with Gasteiger partial charge in [-0.1, -0.05) is 0 Å². The van der Waals surface area contributed by atoms with Gasteiger partial charge in [0.25, 0.3) is 0 Å². The number of aromatic nitrogens is 2. The van der Waals surface area contributed by atoms with Gasteiger partial charge in [-0.2, -0.15) is 0 Å². The van der Waals surface area contributed by atoms with Crippen molar-refractivity contribution in [1.82, 2.24) is 24.7 Å². The second-order valence-electron chi connectivity index (χ2n) is 7.97. The van der Waals surface area contributed by atoms with Gasteiger partial charge < -0.3 is 19.7 Å². The third kappa shape index (κ3) is 3.77. The van der Waals surface area contributed by atoms with Crippen molar-refractivity contribution < 1.29 is 9.59 Å². The number of imidazole rings is 1. The van der Waals surface area contributed by atoms with Crippen LogP contribution in [0.1, 0.15) is 32.1 Å². The Kier molecular flexibility index (Phi) is 5.24. The Labute approximate surface area is 154 Å². The van der Waals surface area contributed by atoms with Crippen molar-refractivity contribution in [3.05, 3.63) is 18.7 Å². The lowest BCUT2D eigenvalue weighted by molar-refractivity contribution is -0.145. The summed E-state index contributed by atoms with van der Waals surface area (Å²) in [4.78, 5) is 33.3. The zero-order chi connectivity index (χ0) is 17.9. The van der Waals surface area contributed by atoms with E-state index >= 15 is 0 Å². The average molecular weight is 359 g/mol. The summed E-state index contributed by atoms with van der Waals surface area (Å²) in [5.41, 5.74) is 0. The van der Waals surface area contributed by atoms with Crippen molar-refractivity contribution in [2.24, 2.45) is 11.8 Å². The zero-order valence-electron chi connectivity index (χ0n) is 15.3. The molecule has 0 aromatic carbocycles. The molecule has 0 radical (unpaired) electrons. The number of carbonyl (C=O) groups excluding carboxylic acids is 2. The molecule has 4 rings (SSSR count). The second-order valence-corrected chi connectivity index (χ2v) is 7.97. The molecule has 142 valence electrons. The van der Waals surface area contributed by atoms with E-state index in [1.807, 2.05) is 15.7 Å². The largest absolute Gasteiger partial charge is 0.341 e. The Bertz CT molecular complexity index is 626. The van der Waals surface area contributed by atoms with E-state index in [9.17, 15) is 9.59 Å². The van der Waals surface area contributed by atoms with Gasteiger partial charge in [0, 0.05) is 44.5 Å². The summed E-state index contributed by atoms with van der Waals surface area (Å²) in [5.74, 6) is 1.53. The quantitative estimate of drug-likeness (QED) is 0.860. The number of fused-ring (bicyclic) bond motifs is 1. The standard InChI is InChI=1S/C19H29N5O2/c25-18-2-1-16-12-23(19(26)13-22-10-8-21-14-22)9-5-17(16)24(18)11-15-3-6-20-7-4-15/h8,10,14-17,20H,1-7,9,11-13H2/t16-,17+/m0/s1. The highest BCUT2D eigenvalue weighted by Crippen LogP contribution is 2.32. The molecule has 3 fully saturated rings. The molecule has 0 aliphatic carbocycles. The average Bonchev–Trinajstić information content (AvgIpc) is 3.17. The van der Waals surface area contributed by atoms with Gasteiger partial charge in [0.15, 0.2) is 0 Å². The minimum absolute atomic E-state index is 0.156. The van der Waals surface area contributed by atoms with Crippen LogP contribution in [0.3, 0.4) is 0 Å². The fraction of sp³-hybridized carbons (Fsp3) is 0.737. The Hall–Kier alpha value is -1.89. The Morgan fingerprint density at radius 3 is 2.85 bits per heavy atom. The predicted octanol–water partition coefficient (Wildman–Crippen LogP) is 0.722. The molecule has 0 unspecified atom stereocenters. The van der Waals surface area contributed by atoms with Crippen LogP contribution in [0.5, 0.6) is 0 Å². The molecule has 3 aliphatic heterocycles. The summed E-state index contributed by atoms with van der Waals surface area (Å²) in [5, 5.41) is 3.40. The number of piperidine rings is 3. The van der Waals surface area contributed by atoms with E-state index in [-0.39, 0.29) is 5.91 Å². The molecule has 1 aromatic heterocycles. The number of amides is 2. The van der Waals surface area contributed by atoms with Crippen LogP contribution in [-0.2, 0) is 16.1 Å². The summed E-state index contributed by atoms with van der Waals surface area (Å²) in [6.07, 6.45) is 10.0. The number of nitrogens with zero attached hydrogens (tertiary/aromatic N) is 4. The van der Waals surface area contributed by atoms with Crippen LogP contribution in [0.25, 0.3) is 0 Å². The van der Waals surface area contributed by atoms with E-state index in [1.54, 1.807) is 12.5 Å². The summed E-state index contributed by atoms with van der Waals surface area (Å²) in [6, 6.07) is 0.323. The molecule has 2 atom stereocenters. The number of carbonyl (C=O) groups is 2. The summed E-state index contributed by atoms with van der Waals surface area (Å²) in [6.45, 7) is 4.94. The number of hydrogen-bond acceptors (Lipinski definition) is 4. The maximum absolute atomic E-state index is 12.6. The lowest BCUT2D eigenvalue weighted by Gasteiger charge is -2.48. The van der Waals surface area contributed by atoms with Gasteiger partial charge in [-0.15, -0.1) is 0 Å². The van der Waals surface area contributed by atoms with Crippen molar-refractivity contribution >= 4 is 11.8 Å². The van der Waals surface area contributed by atoms with Crippen LogP contribution in [0.2, 0.25) is 0 Å². The monoisotopic (exact) mass is 359 g/mol. The van der Waals surface area contributed by atoms with Crippen LogP contribution in [0.15, 0.2) is 18.7 Å². The highest BCUT2D eigenvalue weighted by molar-refractivity contribution is 5.78. The molecule has 0 spiro atoms. The molecular weight excluding hydrogens is 330 g/mol. The van der Waals surface area contributed by atoms with Crippen LogP contribution in [-0.4, -0.2) is 69.9 Å². The van der Waals surface area contributed by atoms with E-state index in [4.69, 9.17) is 0 Å². The summed E-state index contributed by atoms with van der Waals surface area (Å²) in [7, 11) is 0. The number of nitrogens with one attached hydrogen (secondary N) is 1. The highest BCUT2D eigenvalue weighted by Gasteiger charge is 2.40. The van der Waals surface area contributed by atoms with Gasteiger partial charge in [0.2, 0.25) is 11.8 Å². The molecule has 3 aliphatic rings. The first-order chi connectivity index (χ1) is 12.7. The Morgan fingerprint density at radius 2 is 2.08 bits per heavy atom. The van der Waals surface area contributed by atoms with Crippen molar-refractivity contribution in [3.8, 4) is 0 Å². The first-order valence-electron chi connectivity index (χ1n) is 9.94. The van der Waals surface area contributed by atoms with Crippen molar-refractivity contribution in [2.45, 2.75) is 44.7 Å². The van der Waals surface area contributed by atoms with Crippen LogP contribution < -0.4 is 5.32 Å². The predicted molar refractivity (Wildman–Crippen MR) is 97.2 cm³/mol. The second kappa shape index (κ2) is 7.78. The Balaban J connectivity index is 1.37. The third-order valence-electron chi connectivity index (χ3n) is 6.29. The molecular formula is C19H29N5O2. The van der Waals surface area contributed by atoms with Gasteiger partial charge >= 0.3 is 0 Å². The fourth-order valence-electron chi connectivity index (χ4n) is 4.79. The van der Waals surface area contributed by atoms with E-state index < -0.39 is 0 Å². The molecule has 4 heterocycles. The van der Waals surface area contributed by atoms with E-state index in [1.165, 1.54) is 0 Å². The van der Waals surface area contributed by atoms with Crippen LogP contribution in [0.4, 0.5) is 0 Å². The van der Waals surface area contributed by atoms with Crippen molar-refractivity contribution in [3.63, 3.8) is 0 Å². The minimum Gasteiger partial charge on any atom is -0.341 e. The molecule has 0 saturated carbocycles. The lowest BCUT2D eigenvalue weighted by atomic mass is 9.82. The first kappa shape index (κ1) is 17.5. The summed E-state index contributed by atoms with van der Waals surface area (Å²) < 4.78 is 1.82. The van der Waals surface area contributed by atoms with Gasteiger partial charge in [0.05, 0.1) is 6.33 Å². The van der Waals surface area contributed by atoms with E-state index in [2.05, 4.69) is 15.2 Å². The van der Waals surface area contributed by atoms with Crippen LogP contribution >= 0.6 is 0 Å². The van der Waals surface area contributed by atoms with E-state index in [0.29, 0.717) is 36.8 Å². The molecule has 3 saturated heterocycles. The van der Waals surface area contributed by atoms with Crippen molar-refractivity contribution in [2.75, 3.05) is 32.7 Å². The van der Waals surface area contributed by atoms with Gasteiger partial charge in [-0.3, -0.25) is 9.59 Å². The molecule has 7 heteroatoms. The minimum atomic E-state index is 0.156. The number of rotatable bonds is 4. The van der Waals surface area contributed by atoms with Gasteiger partial charge in [-0.25, -0.2) is 4.98 Å². The third-order valence-corrected chi connectivity index (χ3v) is 6.29. The number of likely N-dealkylation sites (tertiary alicyclic amines) is 2. The molecule has 1 N–H and O–H groups in total.